The van der Waals surface area contributed by atoms with Crippen LogP contribution >= 0.6 is 0 Å². The molecule has 29 heavy (non-hydrogen) atoms. The summed E-state index contributed by atoms with van der Waals surface area (Å²) in [6.07, 6.45) is 0. The van der Waals surface area contributed by atoms with E-state index in [0.29, 0.717) is 17.9 Å². The number of hydrogen-bond acceptors (Lipinski definition) is 7. The molecular weight excluding hydrogens is 372 g/mol. The Hall–Kier alpha value is -3.03. The van der Waals surface area contributed by atoms with E-state index in [2.05, 4.69) is 17.1 Å². The fourth-order valence-electron chi connectivity index (χ4n) is 3.66. The molecule has 1 aliphatic rings. The Morgan fingerprint density at radius 1 is 1.17 bits per heavy atom. The molecule has 0 spiro atoms. The number of nitrogens with one attached hydrogen (secondary N) is 1. The molecule has 0 saturated carbocycles. The molecule has 1 atom stereocenters. The van der Waals surface area contributed by atoms with E-state index in [-0.39, 0.29) is 34.1 Å². The van der Waals surface area contributed by atoms with Gasteiger partial charge in [-0.25, -0.2) is 4.79 Å². The Balaban J connectivity index is 1.63. The number of benzene rings is 2. The second-order valence-corrected chi connectivity index (χ2v) is 7.24. The molecule has 0 bridgehead atoms. The van der Waals surface area contributed by atoms with Gasteiger partial charge in [0, 0.05) is 44.4 Å². The molecular formula is C22H24N2O5. The Morgan fingerprint density at radius 2 is 1.90 bits per heavy atom. The van der Waals surface area contributed by atoms with E-state index >= 15 is 0 Å². The number of nitrogens with zero attached hydrogens (tertiary/aromatic N) is 1. The predicted molar refractivity (Wildman–Crippen MR) is 111 cm³/mol. The van der Waals surface area contributed by atoms with Crippen LogP contribution in [-0.4, -0.2) is 53.9 Å². The SMILES string of the molecule is CC(COc1cc(O)c2c(O)c(-c3ccccc3)c(=O)oc2c1)N1CCNCC1. The summed E-state index contributed by atoms with van der Waals surface area (Å²) in [5.41, 5.74) is -0.0523. The monoisotopic (exact) mass is 396 g/mol. The van der Waals surface area contributed by atoms with Crippen molar-refractivity contribution in [3.05, 3.63) is 52.9 Å². The van der Waals surface area contributed by atoms with Crippen molar-refractivity contribution in [3.8, 4) is 28.4 Å². The molecule has 0 amide bonds. The highest BCUT2D eigenvalue weighted by Gasteiger charge is 2.21. The van der Waals surface area contributed by atoms with Crippen LogP contribution in [-0.2, 0) is 0 Å². The third-order valence-electron chi connectivity index (χ3n) is 5.26. The maximum absolute atomic E-state index is 12.5. The summed E-state index contributed by atoms with van der Waals surface area (Å²) in [5, 5.41) is 24.6. The van der Waals surface area contributed by atoms with Crippen LogP contribution < -0.4 is 15.7 Å². The Bertz CT molecular complexity index is 1060. The van der Waals surface area contributed by atoms with Gasteiger partial charge in [0.25, 0.3) is 0 Å². The van der Waals surface area contributed by atoms with Crippen molar-refractivity contribution in [1.82, 2.24) is 10.2 Å². The highest BCUT2D eigenvalue weighted by atomic mass is 16.5. The van der Waals surface area contributed by atoms with Gasteiger partial charge in [-0.05, 0) is 12.5 Å². The van der Waals surface area contributed by atoms with Crippen LogP contribution in [0.5, 0.6) is 17.2 Å². The second kappa shape index (κ2) is 8.14. The average Bonchev–Trinajstić information content (AvgIpc) is 2.73. The van der Waals surface area contributed by atoms with Crippen LogP contribution in [0.4, 0.5) is 0 Å². The van der Waals surface area contributed by atoms with Gasteiger partial charge in [0.15, 0.2) is 0 Å². The molecule has 1 aromatic heterocycles. The molecule has 1 saturated heterocycles. The smallest absolute Gasteiger partial charge is 0.347 e. The van der Waals surface area contributed by atoms with Crippen LogP contribution in [0.25, 0.3) is 22.1 Å². The molecule has 0 aliphatic carbocycles. The molecule has 7 heteroatoms. The number of ether oxygens (including phenoxy) is 1. The standard InChI is InChI=1S/C22H24N2O5/c1-14(24-9-7-23-8-10-24)13-28-16-11-17(25)20-18(12-16)29-22(27)19(21(20)26)15-5-3-2-4-6-15/h2-6,11-12,14,23,25-26H,7-10,13H2,1H3. The molecule has 152 valence electrons. The number of aromatic hydroxyl groups is 2. The maximum Gasteiger partial charge on any atom is 0.347 e. The molecule has 1 unspecified atom stereocenters. The first-order chi connectivity index (χ1) is 14.0. The zero-order chi connectivity index (χ0) is 20.4. The first-order valence-corrected chi connectivity index (χ1v) is 9.70. The van der Waals surface area contributed by atoms with Gasteiger partial charge in [-0.2, -0.15) is 0 Å². The topological polar surface area (TPSA) is 95.2 Å². The Kier molecular flexibility index (Phi) is 5.42. The molecule has 7 nitrogen and oxygen atoms in total. The van der Waals surface area contributed by atoms with Gasteiger partial charge in [-0.3, -0.25) is 4.90 Å². The lowest BCUT2D eigenvalue weighted by atomic mass is 10.0. The summed E-state index contributed by atoms with van der Waals surface area (Å²) >= 11 is 0. The van der Waals surface area contributed by atoms with E-state index in [1.54, 1.807) is 24.3 Å². The maximum atomic E-state index is 12.5. The van der Waals surface area contributed by atoms with E-state index in [4.69, 9.17) is 9.15 Å². The Labute approximate surface area is 168 Å². The van der Waals surface area contributed by atoms with Crippen molar-refractivity contribution < 1.29 is 19.4 Å². The largest absolute Gasteiger partial charge is 0.507 e. The van der Waals surface area contributed by atoms with Gasteiger partial charge >= 0.3 is 5.63 Å². The van der Waals surface area contributed by atoms with Crippen LogP contribution in [0.15, 0.2) is 51.7 Å². The van der Waals surface area contributed by atoms with Crippen molar-refractivity contribution in [2.24, 2.45) is 0 Å². The zero-order valence-electron chi connectivity index (χ0n) is 16.2. The summed E-state index contributed by atoms with van der Waals surface area (Å²) in [6.45, 7) is 6.34. The summed E-state index contributed by atoms with van der Waals surface area (Å²) < 4.78 is 11.2. The summed E-state index contributed by atoms with van der Waals surface area (Å²) in [5.74, 6) is -0.126. The normalized spacial score (nSPS) is 16.0. The summed E-state index contributed by atoms with van der Waals surface area (Å²) in [6, 6.07) is 11.9. The van der Waals surface area contributed by atoms with Crippen molar-refractivity contribution in [2.75, 3.05) is 32.8 Å². The van der Waals surface area contributed by atoms with E-state index < -0.39 is 5.63 Å². The number of phenolic OH excluding ortho intramolecular Hbond substituents is 1. The van der Waals surface area contributed by atoms with E-state index in [0.717, 1.165) is 26.2 Å². The lowest BCUT2D eigenvalue weighted by Crippen LogP contribution is -2.49. The number of hydrogen-bond donors (Lipinski definition) is 3. The number of fused-ring (bicyclic) bond motifs is 1. The summed E-state index contributed by atoms with van der Waals surface area (Å²) in [7, 11) is 0. The highest BCUT2D eigenvalue weighted by Crippen LogP contribution is 2.40. The molecule has 2 aromatic carbocycles. The van der Waals surface area contributed by atoms with E-state index in [9.17, 15) is 15.0 Å². The summed E-state index contributed by atoms with van der Waals surface area (Å²) in [4.78, 5) is 14.8. The minimum Gasteiger partial charge on any atom is -0.507 e. The van der Waals surface area contributed by atoms with Crippen molar-refractivity contribution in [2.45, 2.75) is 13.0 Å². The van der Waals surface area contributed by atoms with E-state index in [1.807, 2.05) is 6.07 Å². The Morgan fingerprint density at radius 3 is 2.62 bits per heavy atom. The fourth-order valence-corrected chi connectivity index (χ4v) is 3.66. The molecule has 3 N–H and O–H groups in total. The molecule has 1 aliphatic heterocycles. The third-order valence-corrected chi connectivity index (χ3v) is 5.26. The van der Waals surface area contributed by atoms with Gasteiger partial charge in [-0.15, -0.1) is 0 Å². The minimum atomic E-state index is -0.674. The molecule has 1 fully saturated rings. The fraction of sp³-hybridized carbons (Fsp3) is 0.318. The lowest BCUT2D eigenvalue weighted by Gasteiger charge is -2.32. The minimum absolute atomic E-state index is 0.0226. The zero-order valence-corrected chi connectivity index (χ0v) is 16.2. The van der Waals surface area contributed by atoms with Gasteiger partial charge < -0.3 is 24.7 Å². The average molecular weight is 396 g/mol. The van der Waals surface area contributed by atoms with Crippen LogP contribution in [0.1, 0.15) is 6.92 Å². The van der Waals surface area contributed by atoms with Crippen LogP contribution in [0.2, 0.25) is 0 Å². The quantitative estimate of drug-likeness (QED) is 0.571. The third kappa shape index (κ3) is 3.92. The van der Waals surface area contributed by atoms with Crippen molar-refractivity contribution in [3.63, 3.8) is 0 Å². The van der Waals surface area contributed by atoms with Gasteiger partial charge in [0.05, 0.1) is 0 Å². The first-order valence-electron chi connectivity index (χ1n) is 9.70. The highest BCUT2D eigenvalue weighted by molar-refractivity contribution is 5.95. The number of piperazine rings is 1. The van der Waals surface area contributed by atoms with Crippen molar-refractivity contribution in [1.29, 1.82) is 0 Å². The molecule has 3 aromatic rings. The number of rotatable bonds is 5. The second-order valence-electron chi connectivity index (χ2n) is 7.24. The van der Waals surface area contributed by atoms with Crippen LogP contribution in [0.3, 0.4) is 0 Å². The molecule has 2 heterocycles. The van der Waals surface area contributed by atoms with Gasteiger partial charge in [0.1, 0.15) is 40.4 Å². The first kappa shape index (κ1) is 19.3. The van der Waals surface area contributed by atoms with Gasteiger partial charge in [-0.1, -0.05) is 30.3 Å². The predicted octanol–water partition coefficient (Wildman–Crippen LogP) is 2.54. The van der Waals surface area contributed by atoms with Crippen molar-refractivity contribution >= 4 is 11.0 Å². The van der Waals surface area contributed by atoms with Gasteiger partial charge in [0.2, 0.25) is 0 Å². The molecule has 4 rings (SSSR count). The van der Waals surface area contributed by atoms with E-state index in [1.165, 1.54) is 12.1 Å². The number of phenols is 1. The lowest BCUT2D eigenvalue weighted by molar-refractivity contribution is 0.132. The van der Waals surface area contributed by atoms with Crippen LogP contribution in [0, 0.1) is 0 Å². The molecule has 0 radical (unpaired) electrons.